The molecule has 20 heavy (non-hydrogen) atoms. The fourth-order valence-corrected chi connectivity index (χ4v) is 3.92. The van der Waals surface area contributed by atoms with Crippen molar-refractivity contribution in [2.24, 2.45) is 11.8 Å². The summed E-state index contributed by atoms with van der Waals surface area (Å²) in [7, 11) is 0. The molecular formula is C17H25Cl2N. The summed E-state index contributed by atoms with van der Waals surface area (Å²) in [6.45, 7) is 6.93. The second-order valence-electron chi connectivity index (χ2n) is 6.30. The van der Waals surface area contributed by atoms with Gasteiger partial charge in [0, 0.05) is 22.1 Å². The topological polar surface area (TPSA) is 12.0 Å². The molecule has 1 aliphatic carbocycles. The summed E-state index contributed by atoms with van der Waals surface area (Å²) < 4.78 is 0. The van der Waals surface area contributed by atoms with Crippen LogP contribution < -0.4 is 5.32 Å². The van der Waals surface area contributed by atoms with Crippen LogP contribution in [0.4, 0.5) is 0 Å². The van der Waals surface area contributed by atoms with Crippen LogP contribution in [0.15, 0.2) is 18.2 Å². The summed E-state index contributed by atoms with van der Waals surface area (Å²) in [4.78, 5) is 0. The first-order valence-corrected chi connectivity index (χ1v) is 8.47. The van der Waals surface area contributed by atoms with Gasteiger partial charge < -0.3 is 5.32 Å². The van der Waals surface area contributed by atoms with E-state index in [-0.39, 0.29) is 0 Å². The third-order valence-corrected chi connectivity index (χ3v) is 5.16. The molecule has 0 heterocycles. The molecule has 1 nitrogen and oxygen atoms in total. The molecule has 0 bridgehead atoms. The van der Waals surface area contributed by atoms with Crippen molar-refractivity contribution in [3.05, 3.63) is 33.8 Å². The molecule has 0 amide bonds. The van der Waals surface area contributed by atoms with Crippen molar-refractivity contribution < 1.29 is 0 Å². The number of hydrogen-bond acceptors (Lipinski definition) is 1. The average Bonchev–Trinajstić information content (AvgIpc) is 2.39. The molecular weight excluding hydrogens is 289 g/mol. The van der Waals surface area contributed by atoms with E-state index < -0.39 is 0 Å². The maximum atomic E-state index is 6.36. The average molecular weight is 314 g/mol. The van der Waals surface area contributed by atoms with Gasteiger partial charge in [-0.1, -0.05) is 50.0 Å². The van der Waals surface area contributed by atoms with Crippen LogP contribution in [0, 0.1) is 11.8 Å². The van der Waals surface area contributed by atoms with Crippen LogP contribution in [0.3, 0.4) is 0 Å². The van der Waals surface area contributed by atoms with Crippen LogP contribution in [0.5, 0.6) is 0 Å². The van der Waals surface area contributed by atoms with Gasteiger partial charge in [-0.25, -0.2) is 0 Å². The maximum Gasteiger partial charge on any atom is 0.0468 e. The highest BCUT2D eigenvalue weighted by Crippen LogP contribution is 2.33. The lowest BCUT2D eigenvalue weighted by Gasteiger charge is -2.36. The van der Waals surface area contributed by atoms with Gasteiger partial charge in [-0.05, 0) is 55.2 Å². The summed E-state index contributed by atoms with van der Waals surface area (Å²) >= 11 is 12.3. The van der Waals surface area contributed by atoms with E-state index >= 15 is 0 Å². The van der Waals surface area contributed by atoms with Crippen LogP contribution in [0.2, 0.25) is 10.0 Å². The number of halogens is 2. The van der Waals surface area contributed by atoms with E-state index in [1.807, 2.05) is 12.1 Å². The van der Waals surface area contributed by atoms with Crippen LogP contribution in [0.25, 0.3) is 0 Å². The normalized spacial score (nSPS) is 28.4. The first-order valence-electron chi connectivity index (χ1n) is 7.72. The van der Waals surface area contributed by atoms with E-state index in [0.29, 0.717) is 17.1 Å². The molecule has 1 aromatic carbocycles. The molecule has 0 aromatic heterocycles. The van der Waals surface area contributed by atoms with Gasteiger partial charge in [0.1, 0.15) is 0 Å². The lowest BCUT2D eigenvalue weighted by atomic mass is 9.79. The van der Waals surface area contributed by atoms with Crippen molar-refractivity contribution in [2.45, 2.75) is 58.5 Å². The molecule has 4 atom stereocenters. The summed E-state index contributed by atoms with van der Waals surface area (Å²) in [6.07, 6.45) is 4.96. The second kappa shape index (κ2) is 7.15. The van der Waals surface area contributed by atoms with E-state index in [4.69, 9.17) is 23.2 Å². The van der Waals surface area contributed by atoms with Crippen molar-refractivity contribution in [2.75, 3.05) is 0 Å². The monoisotopic (exact) mass is 313 g/mol. The number of rotatable bonds is 4. The van der Waals surface area contributed by atoms with Crippen LogP contribution in [-0.4, -0.2) is 6.04 Å². The minimum Gasteiger partial charge on any atom is -0.307 e. The van der Waals surface area contributed by atoms with Gasteiger partial charge in [-0.2, -0.15) is 0 Å². The third-order valence-electron chi connectivity index (χ3n) is 4.59. The van der Waals surface area contributed by atoms with E-state index in [1.165, 1.54) is 24.8 Å². The summed E-state index contributed by atoms with van der Waals surface area (Å²) in [5, 5.41) is 5.30. The molecule has 1 aromatic rings. The van der Waals surface area contributed by atoms with E-state index in [1.54, 1.807) is 0 Å². The Balaban J connectivity index is 2.09. The second-order valence-corrected chi connectivity index (χ2v) is 7.14. The Morgan fingerprint density at radius 2 is 2.00 bits per heavy atom. The van der Waals surface area contributed by atoms with Gasteiger partial charge in [0.2, 0.25) is 0 Å². The minimum absolute atomic E-state index is 0.320. The molecule has 112 valence electrons. The fraction of sp³-hybridized carbons (Fsp3) is 0.647. The van der Waals surface area contributed by atoms with E-state index in [9.17, 15) is 0 Å². The first kappa shape index (κ1) is 16.1. The molecule has 0 spiro atoms. The van der Waals surface area contributed by atoms with Crippen LogP contribution in [-0.2, 0) is 0 Å². The molecule has 1 N–H and O–H groups in total. The Hall–Kier alpha value is -0.240. The zero-order valence-corrected chi connectivity index (χ0v) is 14.1. The summed E-state index contributed by atoms with van der Waals surface area (Å²) in [5.74, 6) is 1.60. The highest BCUT2D eigenvalue weighted by atomic mass is 35.5. The molecule has 1 aliphatic rings. The maximum absolute atomic E-state index is 6.36. The van der Waals surface area contributed by atoms with Crippen molar-refractivity contribution in [1.29, 1.82) is 0 Å². The van der Waals surface area contributed by atoms with Crippen molar-refractivity contribution in [3.8, 4) is 0 Å². The fourth-order valence-electron chi connectivity index (χ4n) is 3.38. The number of nitrogens with one attached hydrogen (secondary N) is 1. The predicted molar refractivity (Wildman–Crippen MR) is 88.6 cm³/mol. The Bertz CT molecular complexity index is 447. The summed E-state index contributed by atoms with van der Waals surface area (Å²) in [5.41, 5.74) is 1.17. The van der Waals surface area contributed by atoms with E-state index in [0.717, 1.165) is 23.3 Å². The first-order chi connectivity index (χ1) is 9.51. The van der Waals surface area contributed by atoms with Crippen LogP contribution in [0.1, 0.15) is 58.1 Å². The van der Waals surface area contributed by atoms with Gasteiger partial charge >= 0.3 is 0 Å². The molecule has 1 fully saturated rings. The minimum atomic E-state index is 0.320. The van der Waals surface area contributed by atoms with Gasteiger partial charge in [-0.15, -0.1) is 0 Å². The zero-order chi connectivity index (χ0) is 14.7. The quantitative estimate of drug-likeness (QED) is 0.734. The Morgan fingerprint density at radius 3 is 2.60 bits per heavy atom. The highest BCUT2D eigenvalue weighted by Gasteiger charge is 2.27. The van der Waals surface area contributed by atoms with Crippen LogP contribution >= 0.6 is 23.2 Å². The van der Waals surface area contributed by atoms with E-state index in [2.05, 4.69) is 32.2 Å². The van der Waals surface area contributed by atoms with Gasteiger partial charge in [0.15, 0.2) is 0 Å². The zero-order valence-electron chi connectivity index (χ0n) is 12.6. The van der Waals surface area contributed by atoms with Crippen molar-refractivity contribution >= 4 is 23.2 Å². The Kier molecular flexibility index (Phi) is 5.77. The smallest absolute Gasteiger partial charge is 0.0468 e. The summed E-state index contributed by atoms with van der Waals surface area (Å²) in [6, 6.07) is 6.75. The van der Waals surface area contributed by atoms with Gasteiger partial charge in [-0.3, -0.25) is 0 Å². The number of benzene rings is 1. The SMILES string of the molecule is CCC(NC1CCC(C)CC1C)c1ccc(Cl)cc1Cl. The molecule has 2 rings (SSSR count). The molecule has 3 heteroatoms. The lowest BCUT2D eigenvalue weighted by molar-refractivity contribution is 0.212. The largest absolute Gasteiger partial charge is 0.307 e. The molecule has 4 unspecified atom stereocenters. The molecule has 0 aliphatic heterocycles. The third kappa shape index (κ3) is 3.90. The van der Waals surface area contributed by atoms with Gasteiger partial charge in [0.25, 0.3) is 0 Å². The standard InChI is InChI=1S/C17H25Cl2N/c1-4-16(14-7-6-13(18)10-15(14)19)20-17-8-5-11(2)9-12(17)3/h6-7,10-12,16-17,20H,4-5,8-9H2,1-3H3. The number of hydrogen-bond donors (Lipinski definition) is 1. The predicted octanol–water partition coefficient (Wildman–Crippen LogP) is 5.86. The Labute approximate surface area is 133 Å². The Morgan fingerprint density at radius 1 is 1.25 bits per heavy atom. The molecule has 0 saturated heterocycles. The molecule has 1 saturated carbocycles. The molecule has 0 radical (unpaired) electrons. The van der Waals surface area contributed by atoms with Gasteiger partial charge in [0.05, 0.1) is 0 Å². The van der Waals surface area contributed by atoms with Crippen molar-refractivity contribution in [3.63, 3.8) is 0 Å². The lowest BCUT2D eigenvalue weighted by Crippen LogP contribution is -2.41. The highest BCUT2D eigenvalue weighted by molar-refractivity contribution is 6.35. The van der Waals surface area contributed by atoms with Crippen molar-refractivity contribution in [1.82, 2.24) is 5.32 Å².